The molecule has 0 N–H and O–H groups in total. The van der Waals surface area contributed by atoms with Crippen LogP contribution >= 0.6 is 0 Å². The molecule has 0 aliphatic carbocycles. The Labute approximate surface area is 191 Å². The van der Waals surface area contributed by atoms with Crippen molar-refractivity contribution in [2.45, 2.75) is 45.6 Å². The van der Waals surface area contributed by atoms with Crippen molar-refractivity contribution in [1.82, 2.24) is 15.0 Å². The normalized spacial score (nSPS) is 18.6. The topological polar surface area (TPSA) is 47.9 Å². The maximum Gasteiger partial charge on any atom is 0.135 e. The number of pyridine rings is 3. The van der Waals surface area contributed by atoms with Crippen LogP contribution in [-0.4, -0.2) is 21.6 Å². The third-order valence-electron chi connectivity index (χ3n) is 6.46. The number of halogens is 2. The minimum Gasteiger partial charge on any atom is -0.373 e. The molecule has 168 valence electrons. The van der Waals surface area contributed by atoms with Gasteiger partial charge in [0.2, 0.25) is 0 Å². The number of nitrogens with zero attached hydrogens (tertiary/aromatic N) is 3. The second kappa shape index (κ2) is 8.60. The molecule has 0 spiro atoms. The summed E-state index contributed by atoms with van der Waals surface area (Å²) in [4.78, 5) is 14.0. The second-order valence-corrected chi connectivity index (χ2v) is 8.79. The zero-order valence-corrected chi connectivity index (χ0v) is 18.9. The van der Waals surface area contributed by atoms with E-state index in [4.69, 9.17) is 14.7 Å². The predicted octanol–water partition coefficient (Wildman–Crippen LogP) is 6.53. The highest BCUT2D eigenvalue weighted by Crippen LogP contribution is 2.39. The number of aromatic nitrogens is 3. The molecule has 2 unspecified atom stereocenters. The van der Waals surface area contributed by atoms with Gasteiger partial charge in [0.25, 0.3) is 0 Å². The van der Waals surface area contributed by atoms with Crippen LogP contribution in [0.4, 0.5) is 8.78 Å². The zero-order valence-electron chi connectivity index (χ0n) is 18.9. The van der Waals surface area contributed by atoms with Gasteiger partial charge in [-0.25, -0.2) is 8.78 Å². The van der Waals surface area contributed by atoms with Gasteiger partial charge in [0.1, 0.15) is 11.6 Å². The number of hydrogen-bond donors (Lipinski definition) is 0. The largest absolute Gasteiger partial charge is 0.373 e. The molecule has 4 heterocycles. The Bertz CT molecular complexity index is 1360. The molecule has 1 aliphatic heterocycles. The minimum absolute atomic E-state index is 0.0540. The van der Waals surface area contributed by atoms with E-state index in [1.165, 1.54) is 12.1 Å². The van der Waals surface area contributed by atoms with Gasteiger partial charge in [-0.3, -0.25) is 15.0 Å². The van der Waals surface area contributed by atoms with E-state index in [0.717, 1.165) is 58.0 Å². The van der Waals surface area contributed by atoms with Crippen molar-refractivity contribution < 1.29 is 13.5 Å². The fourth-order valence-corrected chi connectivity index (χ4v) is 4.55. The molecular formula is C27H25F2N3O. The summed E-state index contributed by atoms with van der Waals surface area (Å²) in [5, 5.41) is 0.765. The molecule has 0 bridgehead atoms. The summed E-state index contributed by atoms with van der Waals surface area (Å²) >= 11 is 0. The summed E-state index contributed by atoms with van der Waals surface area (Å²) in [6.07, 6.45) is 3.32. The Morgan fingerprint density at radius 3 is 2.61 bits per heavy atom. The molecule has 1 aliphatic rings. The van der Waals surface area contributed by atoms with Crippen molar-refractivity contribution >= 4 is 10.9 Å². The molecule has 1 aromatic carbocycles. The number of benzene rings is 1. The molecule has 0 radical (unpaired) electrons. The number of hydrogen-bond acceptors (Lipinski definition) is 4. The van der Waals surface area contributed by atoms with Crippen molar-refractivity contribution in [3.8, 4) is 11.3 Å². The highest BCUT2D eigenvalue weighted by Gasteiger charge is 2.27. The number of ether oxygens (including phenoxy) is 1. The number of rotatable bonds is 3. The number of aryl methyl sites for hydroxylation is 3. The third-order valence-corrected chi connectivity index (χ3v) is 6.46. The summed E-state index contributed by atoms with van der Waals surface area (Å²) < 4.78 is 34.5. The van der Waals surface area contributed by atoms with Crippen molar-refractivity contribution in [2.24, 2.45) is 0 Å². The molecule has 6 heteroatoms. The second-order valence-electron chi connectivity index (χ2n) is 8.79. The molecule has 0 saturated carbocycles. The molecule has 3 aromatic heterocycles. The van der Waals surface area contributed by atoms with Gasteiger partial charge in [0.05, 0.1) is 17.3 Å². The highest BCUT2D eigenvalue weighted by atomic mass is 19.1. The first-order chi connectivity index (χ1) is 15.9. The van der Waals surface area contributed by atoms with Crippen molar-refractivity contribution in [3.05, 3.63) is 88.5 Å². The summed E-state index contributed by atoms with van der Waals surface area (Å²) in [5.41, 5.74) is 6.37. The molecule has 0 amide bonds. The van der Waals surface area contributed by atoms with Gasteiger partial charge in [0, 0.05) is 52.8 Å². The predicted molar refractivity (Wildman–Crippen MR) is 124 cm³/mol. The lowest BCUT2D eigenvalue weighted by Gasteiger charge is -2.30. The van der Waals surface area contributed by atoms with E-state index in [9.17, 15) is 8.78 Å². The Hall–Kier alpha value is -3.25. The molecule has 33 heavy (non-hydrogen) atoms. The third kappa shape index (κ3) is 4.23. The quantitative estimate of drug-likeness (QED) is 0.360. The van der Waals surface area contributed by atoms with Crippen LogP contribution in [0.5, 0.6) is 0 Å². The molecular weight excluding hydrogens is 420 g/mol. The molecule has 4 nitrogen and oxygen atoms in total. The first-order valence-corrected chi connectivity index (χ1v) is 11.2. The van der Waals surface area contributed by atoms with E-state index >= 15 is 0 Å². The Kier molecular flexibility index (Phi) is 5.62. The van der Waals surface area contributed by atoms with Gasteiger partial charge in [-0.2, -0.15) is 0 Å². The Morgan fingerprint density at radius 1 is 0.970 bits per heavy atom. The van der Waals surface area contributed by atoms with E-state index in [2.05, 4.69) is 4.98 Å². The molecule has 1 saturated heterocycles. The van der Waals surface area contributed by atoms with E-state index in [1.807, 2.05) is 45.0 Å². The van der Waals surface area contributed by atoms with Crippen LogP contribution < -0.4 is 0 Å². The maximum atomic E-state index is 14.8. The highest BCUT2D eigenvalue weighted by molar-refractivity contribution is 5.93. The summed E-state index contributed by atoms with van der Waals surface area (Å²) in [6.45, 7) is 6.51. The van der Waals surface area contributed by atoms with Crippen molar-refractivity contribution in [3.63, 3.8) is 0 Å². The lowest BCUT2D eigenvalue weighted by atomic mass is 9.88. The van der Waals surface area contributed by atoms with Crippen LogP contribution in [0.3, 0.4) is 0 Å². The first kappa shape index (κ1) is 21.6. The zero-order chi connectivity index (χ0) is 23.1. The number of fused-ring (bicyclic) bond motifs is 1. The minimum atomic E-state index is -0.628. The first-order valence-electron chi connectivity index (χ1n) is 11.2. The van der Waals surface area contributed by atoms with Crippen molar-refractivity contribution in [2.75, 3.05) is 6.61 Å². The monoisotopic (exact) mass is 445 g/mol. The molecule has 2 atom stereocenters. The van der Waals surface area contributed by atoms with Crippen LogP contribution in [-0.2, 0) is 4.74 Å². The lowest BCUT2D eigenvalue weighted by molar-refractivity contribution is 0.00460. The summed E-state index contributed by atoms with van der Waals surface area (Å²) in [7, 11) is 0. The van der Waals surface area contributed by atoms with Crippen LogP contribution in [0.1, 0.15) is 53.1 Å². The summed E-state index contributed by atoms with van der Waals surface area (Å²) in [6, 6.07) is 11.7. The standard InChI is InChI=1S/C27H25F2N3O/c1-15-10-22-25(31-17(15)3)14-24(32-27(22)21-5-4-20(28)13-23(21)29)18-7-9-33-26(12-18)19-6-8-30-16(2)11-19/h4-6,8,10-11,13-14,18,26H,7,9,12H2,1-3H3. The Morgan fingerprint density at radius 2 is 1.82 bits per heavy atom. The molecule has 1 fully saturated rings. The van der Waals surface area contributed by atoms with Gasteiger partial charge in [-0.05, 0) is 81.1 Å². The Balaban J connectivity index is 1.62. The fraction of sp³-hybridized carbons (Fsp3) is 0.296. The van der Waals surface area contributed by atoms with Crippen LogP contribution in [0.15, 0.2) is 48.7 Å². The van der Waals surface area contributed by atoms with Gasteiger partial charge in [-0.15, -0.1) is 0 Å². The van der Waals surface area contributed by atoms with Crippen molar-refractivity contribution in [1.29, 1.82) is 0 Å². The SMILES string of the molecule is Cc1cc(C2CC(c3cc4nc(C)c(C)cc4c(-c4ccc(F)cc4F)n3)CCO2)ccn1. The average Bonchev–Trinajstić information content (AvgIpc) is 2.80. The molecule has 4 aromatic rings. The fourth-order valence-electron chi connectivity index (χ4n) is 4.55. The van der Waals surface area contributed by atoms with Gasteiger partial charge in [0.15, 0.2) is 0 Å². The van der Waals surface area contributed by atoms with Gasteiger partial charge >= 0.3 is 0 Å². The van der Waals surface area contributed by atoms with Gasteiger partial charge < -0.3 is 4.74 Å². The van der Waals surface area contributed by atoms with Crippen LogP contribution in [0.25, 0.3) is 22.2 Å². The van der Waals surface area contributed by atoms with E-state index < -0.39 is 11.6 Å². The van der Waals surface area contributed by atoms with E-state index in [0.29, 0.717) is 12.3 Å². The van der Waals surface area contributed by atoms with Crippen LogP contribution in [0, 0.1) is 32.4 Å². The van der Waals surface area contributed by atoms with E-state index in [1.54, 1.807) is 6.20 Å². The smallest absolute Gasteiger partial charge is 0.135 e. The average molecular weight is 446 g/mol. The van der Waals surface area contributed by atoms with Gasteiger partial charge in [-0.1, -0.05) is 0 Å². The summed E-state index contributed by atoms with van der Waals surface area (Å²) in [5.74, 6) is -1.11. The molecule has 5 rings (SSSR count). The lowest BCUT2D eigenvalue weighted by Crippen LogP contribution is -2.20. The van der Waals surface area contributed by atoms with Crippen LogP contribution in [0.2, 0.25) is 0 Å². The van der Waals surface area contributed by atoms with E-state index in [-0.39, 0.29) is 17.6 Å². The maximum absolute atomic E-state index is 14.8.